The van der Waals surface area contributed by atoms with Crippen molar-refractivity contribution in [3.8, 4) is 5.75 Å². The summed E-state index contributed by atoms with van der Waals surface area (Å²) in [5.74, 6) is -0.927. The van der Waals surface area contributed by atoms with Crippen LogP contribution in [-0.4, -0.2) is 31.0 Å². The van der Waals surface area contributed by atoms with E-state index < -0.39 is 18.0 Å². The highest BCUT2D eigenvalue weighted by Gasteiger charge is 2.21. The van der Waals surface area contributed by atoms with E-state index in [1.54, 1.807) is 48.5 Å². The minimum absolute atomic E-state index is 0.182. The molecule has 7 nitrogen and oxygen atoms in total. The second-order valence-electron chi connectivity index (χ2n) is 5.50. The number of anilines is 2. The van der Waals surface area contributed by atoms with Gasteiger partial charge >= 0.3 is 5.97 Å². The molecule has 0 aromatic heterocycles. The van der Waals surface area contributed by atoms with Crippen molar-refractivity contribution >= 4 is 29.2 Å². The minimum Gasteiger partial charge on any atom is -0.496 e. The lowest BCUT2D eigenvalue weighted by Gasteiger charge is -2.15. The number of ether oxygens (including phenoxy) is 2. The van der Waals surface area contributed by atoms with Crippen molar-refractivity contribution in [3.63, 3.8) is 0 Å². The zero-order valence-electron chi connectivity index (χ0n) is 14.7. The summed E-state index contributed by atoms with van der Waals surface area (Å²) in [5.41, 5.74) is 1.38. The monoisotopic (exact) mass is 356 g/mol. The zero-order chi connectivity index (χ0) is 19.1. The van der Waals surface area contributed by atoms with Crippen LogP contribution in [0.1, 0.15) is 24.2 Å². The third kappa shape index (κ3) is 5.07. The van der Waals surface area contributed by atoms with E-state index in [2.05, 4.69) is 10.6 Å². The number of hydrogen-bond donors (Lipinski definition) is 2. The van der Waals surface area contributed by atoms with E-state index in [9.17, 15) is 14.4 Å². The molecule has 0 heterocycles. The van der Waals surface area contributed by atoms with Gasteiger partial charge in [0.1, 0.15) is 11.3 Å². The summed E-state index contributed by atoms with van der Waals surface area (Å²) in [5, 5.41) is 5.28. The molecule has 2 aromatic carbocycles. The first-order chi connectivity index (χ1) is 12.4. The van der Waals surface area contributed by atoms with Crippen LogP contribution in [0.15, 0.2) is 48.5 Å². The Balaban J connectivity index is 1.96. The SMILES string of the molecule is COc1ccccc1C(=O)O[C@@H](C)C(=O)Nc1ccc(NC(C)=O)cc1. The molecule has 0 spiro atoms. The van der Waals surface area contributed by atoms with Gasteiger partial charge in [0.2, 0.25) is 5.91 Å². The summed E-state index contributed by atoms with van der Waals surface area (Å²) in [6, 6.07) is 13.2. The Morgan fingerprint density at radius 3 is 2.08 bits per heavy atom. The average Bonchev–Trinajstić information content (AvgIpc) is 2.62. The highest BCUT2D eigenvalue weighted by Crippen LogP contribution is 2.19. The molecule has 0 aliphatic carbocycles. The van der Waals surface area contributed by atoms with Gasteiger partial charge in [-0.1, -0.05) is 12.1 Å². The smallest absolute Gasteiger partial charge is 0.342 e. The van der Waals surface area contributed by atoms with Gasteiger partial charge in [0.25, 0.3) is 5.91 Å². The Morgan fingerprint density at radius 1 is 0.923 bits per heavy atom. The van der Waals surface area contributed by atoms with Gasteiger partial charge in [-0.15, -0.1) is 0 Å². The summed E-state index contributed by atoms with van der Waals surface area (Å²) in [7, 11) is 1.45. The van der Waals surface area contributed by atoms with E-state index in [-0.39, 0.29) is 11.5 Å². The van der Waals surface area contributed by atoms with Crippen LogP contribution >= 0.6 is 0 Å². The van der Waals surface area contributed by atoms with Crippen LogP contribution in [0, 0.1) is 0 Å². The van der Waals surface area contributed by atoms with Crippen molar-refractivity contribution in [2.45, 2.75) is 20.0 Å². The first-order valence-electron chi connectivity index (χ1n) is 7.93. The molecule has 26 heavy (non-hydrogen) atoms. The second-order valence-corrected chi connectivity index (χ2v) is 5.50. The number of rotatable bonds is 6. The first kappa shape index (κ1) is 19.0. The van der Waals surface area contributed by atoms with Gasteiger partial charge < -0.3 is 20.1 Å². The average molecular weight is 356 g/mol. The van der Waals surface area contributed by atoms with Crippen molar-refractivity contribution in [1.29, 1.82) is 0 Å². The van der Waals surface area contributed by atoms with Crippen molar-refractivity contribution < 1.29 is 23.9 Å². The molecule has 0 unspecified atom stereocenters. The predicted molar refractivity (Wildman–Crippen MR) is 97.2 cm³/mol. The summed E-state index contributed by atoms with van der Waals surface area (Å²) < 4.78 is 10.3. The van der Waals surface area contributed by atoms with E-state index in [0.717, 1.165) is 0 Å². The van der Waals surface area contributed by atoms with Crippen LogP contribution < -0.4 is 15.4 Å². The van der Waals surface area contributed by atoms with Crippen molar-refractivity contribution in [2.24, 2.45) is 0 Å². The molecule has 0 bridgehead atoms. The highest BCUT2D eigenvalue weighted by atomic mass is 16.5. The molecule has 2 N–H and O–H groups in total. The predicted octanol–water partition coefficient (Wildman–Crippen LogP) is 2.84. The number of hydrogen-bond acceptors (Lipinski definition) is 5. The van der Waals surface area contributed by atoms with Crippen LogP contribution in [0.2, 0.25) is 0 Å². The Kier molecular flexibility index (Phi) is 6.32. The van der Waals surface area contributed by atoms with Crippen LogP contribution in [0.25, 0.3) is 0 Å². The molecule has 7 heteroatoms. The lowest BCUT2D eigenvalue weighted by Crippen LogP contribution is -2.30. The van der Waals surface area contributed by atoms with Crippen LogP contribution in [0.4, 0.5) is 11.4 Å². The molecule has 136 valence electrons. The van der Waals surface area contributed by atoms with Gasteiger partial charge in [0.05, 0.1) is 7.11 Å². The molecule has 0 fully saturated rings. The fourth-order valence-corrected chi connectivity index (χ4v) is 2.17. The van der Waals surface area contributed by atoms with E-state index in [4.69, 9.17) is 9.47 Å². The molecule has 0 saturated carbocycles. The topological polar surface area (TPSA) is 93.7 Å². The number of amides is 2. The largest absolute Gasteiger partial charge is 0.496 e. The van der Waals surface area contributed by atoms with Gasteiger partial charge in [-0.05, 0) is 43.3 Å². The molecule has 1 atom stereocenters. The number of esters is 1. The molecule has 2 amide bonds. The highest BCUT2D eigenvalue weighted by molar-refractivity contribution is 5.98. The van der Waals surface area contributed by atoms with Crippen LogP contribution in [-0.2, 0) is 14.3 Å². The van der Waals surface area contributed by atoms with E-state index in [1.165, 1.54) is 21.0 Å². The fraction of sp³-hybridized carbons (Fsp3) is 0.211. The lowest BCUT2D eigenvalue weighted by atomic mass is 10.2. The number of benzene rings is 2. The Bertz CT molecular complexity index is 802. The van der Waals surface area contributed by atoms with Gasteiger partial charge in [0.15, 0.2) is 6.10 Å². The van der Waals surface area contributed by atoms with Crippen molar-refractivity contribution in [2.75, 3.05) is 17.7 Å². The number of nitrogens with one attached hydrogen (secondary N) is 2. The molecular weight excluding hydrogens is 336 g/mol. The third-order valence-corrected chi connectivity index (χ3v) is 3.45. The summed E-state index contributed by atoms with van der Waals surface area (Å²) in [6.45, 7) is 2.89. The second kappa shape index (κ2) is 8.66. The maximum absolute atomic E-state index is 12.2. The molecule has 2 rings (SSSR count). The Hall–Kier alpha value is -3.35. The lowest BCUT2D eigenvalue weighted by molar-refractivity contribution is -0.123. The summed E-state index contributed by atoms with van der Waals surface area (Å²) >= 11 is 0. The number of carbonyl (C=O) groups excluding carboxylic acids is 3. The van der Waals surface area contributed by atoms with Gasteiger partial charge in [0, 0.05) is 18.3 Å². The van der Waals surface area contributed by atoms with Gasteiger partial charge in [-0.3, -0.25) is 9.59 Å². The minimum atomic E-state index is -0.998. The Morgan fingerprint density at radius 2 is 1.50 bits per heavy atom. The van der Waals surface area contributed by atoms with Crippen LogP contribution in [0.3, 0.4) is 0 Å². The van der Waals surface area contributed by atoms with E-state index in [1.807, 2.05) is 0 Å². The maximum Gasteiger partial charge on any atom is 0.342 e. The van der Waals surface area contributed by atoms with Crippen molar-refractivity contribution in [1.82, 2.24) is 0 Å². The molecule has 0 aliphatic heterocycles. The standard InChI is InChI=1S/C19H20N2O5/c1-12(26-19(24)16-6-4-5-7-17(16)25-3)18(23)21-15-10-8-14(9-11-15)20-13(2)22/h4-12H,1-3H3,(H,20,22)(H,21,23)/t12-/m0/s1. The molecular formula is C19H20N2O5. The molecule has 0 radical (unpaired) electrons. The summed E-state index contributed by atoms with van der Waals surface area (Å²) in [4.78, 5) is 35.4. The quantitative estimate of drug-likeness (QED) is 0.776. The number of para-hydroxylation sites is 1. The van der Waals surface area contributed by atoms with E-state index >= 15 is 0 Å². The normalized spacial score (nSPS) is 11.2. The number of methoxy groups -OCH3 is 1. The molecule has 0 saturated heterocycles. The maximum atomic E-state index is 12.2. The summed E-state index contributed by atoms with van der Waals surface area (Å²) in [6.07, 6.45) is -0.998. The third-order valence-electron chi connectivity index (χ3n) is 3.45. The fourth-order valence-electron chi connectivity index (χ4n) is 2.17. The first-order valence-corrected chi connectivity index (χ1v) is 7.93. The number of carbonyl (C=O) groups is 3. The zero-order valence-corrected chi connectivity index (χ0v) is 14.7. The van der Waals surface area contributed by atoms with Crippen LogP contribution in [0.5, 0.6) is 5.75 Å². The van der Waals surface area contributed by atoms with Gasteiger partial charge in [-0.25, -0.2) is 4.79 Å². The van der Waals surface area contributed by atoms with E-state index in [0.29, 0.717) is 17.1 Å². The molecule has 0 aliphatic rings. The van der Waals surface area contributed by atoms with Crippen molar-refractivity contribution in [3.05, 3.63) is 54.1 Å². The molecule has 2 aromatic rings. The Labute approximate surface area is 151 Å². The van der Waals surface area contributed by atoms with Gasteiger partial charge in [-0.2, -0.15) is 0 Å².